The second kappa shape index (κ2) is 6.61. The molecule has 5 rings (SSSR count). The Balaban J connectivity index is 1.67. The van der Waals surface area contributed by atoms with Crippen molar-refractivity contribution in [2.75, 3.05) is 4.90 Å². The maximum absolute atomic E-state index is 13.7. The van der Waals surface area contributed by atoms with Gasteiger partial charge in [-0.05, 0) is 56.7 Å². The van der Waals surface area contributed by atoms with Gasteiger partial charge in [0.1, 0.15) is 11.9 Å². The Morgan fingerprint density at radius 3 is 2.26 bits per heavy atom. The highest BCUT2D eigenvalue weighted by molar-refractivity contribution is 6.14. The number of para-hydroxylation sites is 1. The molecule has 3 aliphatic rings. The van der Waals surface area contributed by atoms with Gasteiger partial charge in [0.25, 0.3) is 0 Å². The third kappa shape index (κ3) is 2.77. The maximum Gasteiger partial charge on any atom is 0.236 e. The van der Waals surface area contributed by atoms with Crippen LogP contribution < -0.4 is 4.90 Å². The summed E-state index contributed by atoms with van der Waals surface area (Å²) in [7, 11) is 0. The summed E-state index contributed by atoms with van der Waals surface area (Å²) < 4.78 is 13.5. The minimum atomic E-state index is -0.838. The van der Waals surface area contributed by atoms with E-state index in [0.717, 1.165) is 11.3 Å². The van der Waals surface area contributed by atoms with Crippen molar-refractivity contribution < 1.29 is 18.8 Å². The fraction of sp³-hybridized carbons (Fsp3) is 0.320. The number of likely N-dealkylation sites (tertiary alicyclic amines) is 1. The van der Waals surface area contributed by atoms with Crippen LogP contribution in [0.1, 0.15) is 36.7 Å². The third-order valence-corrected chi connectivity index (χ3v) is 6.48. The standard InChI is InChI=1S/C25H23FN2O3/c1-25(2,3)28-23(30)19-18-13-10-14-6-4-5-7-17(14)27(18)21(20(19)24(28)31)22(29)15-8-11-16(26)12-9-15/h4-13,18-21H,1-3H3/t18-,19+,20+,21+/m1/s1. The SMILES string of the molecule is CC(C)(C)N1C(=O)[C@@H]2[C@H](C1=O)[C@@H](C(=O)c1ccc(F)cc1)N1c3ccccc3C=C[C@H]21. The van der Waals surface area contributed by atoms with E-state index in [0.29, 0.717) is 5.56 Å². The minimum absolute atomic E-state index is 0.240. The van der Waals surface area contributed by atoms with Crippen molar-refractivity contribution in [1.82, 2.24) is 4.90 Å². The van der Waals surface area contributed by atoms with E-state index in [4.69, 9.17) is 0 Å². The van der Waals surface area contributed by atoms with Crippen LogP contribution in [0.15, 0.2) is 54.6 Å². The number of halogens is 1. The van der Waals surface area contributed by atoms with Crippen LogP contribution in [0.25, 0.3) is 6.08 Å². The highest BCUT2D eigenvalue weighted by Gasteiger charge is 2.65. The van der Waals surface area contributed by atoms with E-state index >= 15 is 0 Å². The number of anilines is 1. The van der Waals surface area contributed by atoms with E-state index in [1.807, 2.05) is 62.1 Å². The topological polar surface area (TPSA) is 57.7 Å². The third-order valence-electron chi connectivity index (χ3n) is 6.48. The lowest BCUT2D eigenvalue weighted by Gasteiger charge is -2.38. The number of carbonyl (C=O) groups is 3. The van der Waals surface area contributed by atoms with E-state index in [-0.39, 0.29) is 17.6 Å². The Hall–Kier alpha value is -3.28. The van der Waals surface area contributed by atoms with Gasteiger partial charge in [-0.15, -0.1) is 0 Å². The summed E-state index contributed by atoms with van der Waals surface area (Å²) in [5.74, 6) is -2.69. The number of nitrogens with zero attached hydrogens (tertiary/aromatic N) is 2. The number of fused-ring (bicyclic) bond motifs is 5. The minimum Gasteiger partial charge on any atom is -0.352 e. The number of hydrogen-bond donors (Lipinski definition) is 0. The fourth-order valence-electron chi connectivity index (χ4n) is 5.26. The van der Waals surface area contributed by atoms with Gasteiger partial charge < -0.3 is 4.90 Å². The highest BCUT2D eigenvalue weighted by atomic mass is 19.1. The van der Waals surface area contributed by atoms with Gasteiger partial charge in [-0.2, -0.15) is 0 Å². The first kappa shape index (κ1) is 19.7. The van der Waals surface area contributed by atoms with Crippen molar-refractivity contribution in [3.63, 3.8) is 0 Å². The molecule has 0 unspecified atom stereocenters. The molecule has 3 heterocycles. The number of hydrogen-bond acceptors (Lipinski definition) is 4. The van der Waals surface area contributed by atoms with Gasteiger partial charge >= 0.3 is 0 Å². The van der Waals surface area contributed by atoms with Crippen LogP contribution >= 0.6 is 0 Å². The zero-order valence-corrected chi connectivity index (χ0v) is 17.6. The summed E-state index contributed by atoms with van der Waals surface area (Å²) in [6.45, 7) is 5.47. The van der Waals surface area contributed by atoms with E-state index in [1.54, 1.807) is 0 Å². The van der Waals surface area contributed by atoms with Crippen LogP contribution in [-0.4, -0.2) is 40.1 Å². The first-order valence-electron chi connectivity index (χ1n) is 10.4. The van der Waals surface area contributed by atoms with E-state index in [1.165, 1.54) is 29.2 Å². The molecule has 158 valence electrons. The molecule has 0 bridgehead atoms. The lowest BCUT2D eigenvalue weighted by Crippen LogP contribution is -2.52. The van der Waals surface area contributed by atoms with E-state index < -0.39 is 35.3 Å². The summed E-state index contributed by atoms with van der Waals surface area (Å²) in [5.41, 5.74) is 1.41. The smallest absolute Gasteiger partial charge is 0.236 e. The van der Waals surface area contributed by atoms with Gasteiger partial charge in [-0.1, -0.05) is 30.4 Å². The fourth-order valence-corrected chi connectivity index (χ4v) is 5.26. The monoisotopic (exact) mass is 418 g/mol. The van der Waals surface area contributed by atoms with E-state index in [9.17, 15) is 18.8 Å². The second-order valence-corrected chi connectivity index (χ2v) is 9.37. The summed E-state index contributed by atoms with van der Waals surface area (Å²) in [5, 5.41) is 0. The molecule has 6 heteroatoms. The van der Waals surface area contributed by atoms with Crippen molar-refractivity contribution in [3.8, 4) is 0 Å². The molecule has 0 aromatic heterocycles. The van der Waals surface area contributed by atoms with Crippen LogP contribution in [0.3, 0.4) is 0 Å². The quantitative estimate of drug-likeness (QED) is 0.551. The number of ketones is 1. The van der Waals surface area contributed by atoms with Gasteiger partial charge in [0.05, 0.1) is 17.9 Å². The zero-order valence-electron chi connectivity index (χ0n) is 17.6. The molecule has 4 atom stereocenters. The normalized spacial score (nSPS) is 26.7. The van der Waals surface area contributed by atoms with Crippen LogP contribution in [0.4, 0.5) is 10.1 Å². The predicted molar refractivity (Wildman–Crippen MR) is 115 cm³/mol. The molecule has 31 heavy (non-hydrogen) atoms. The summed E-state index contributed by atoms with van der Waals surface area (Å²) in [6, 6.07) is 11.8. The average Bonchev–Trinajstić information content (AvgIpc) is 3.21. The van der Waals surface area contributed by atoms with Gasteiger partial charge in [0.2, 0.25) is 11.8 Å². The number of benzene rings is 2. The van der Waals surface area contributed by atoms with Gasteiger partial charge in [-0.25, -0.2) is 4.39 Å². The molecule has 0 spiro atoms. The van der Waals surface area contributed by atoms with Crippen molar-refractivity contribution in [3.05, 3.63) is 71.6 Å². The number of imide groups is 1. The molecule has 0 N–H and O–H groups in total. The molecule has 0 saturated carbocycles. The van der Waals surface area contributed by atoms with Crippen molar-refractivity contribution in [1.29, 1.82) is 0 Å². The van der Waals surface area contributed by atoms with Crippen molar-refractivity contribution in [2.45, 2.75) is 38.4 Å². The van der Waals surface area contributed by atoms with Crippen molar-refractivity contribution >= 4 is 29.4 Å². The summed E-state index contributed by atoms with van der Waals surface area (Å²) in [4.78, 5) is 43.9. The van der Waals surface area contributed by atoms with E-state index in [2.05, 4.69) is 0 Å². The van der Waals surface area contributed by atoms with Gasteiger partial charge in [0, 0.05) is 16.8 Å². The summed E-state index contributed by atoms with van der Waals surface area (Å²) >= 11 is 0. The number of amides is 2. The van der Waals surface area contributed by atoms with Gasteiger partial charge in [0.15, 0.2) is 5.78 Å². The molecule has 2 saturated heterocycles. The van der Waals surface area contributed by atoms with Crippen LogP contribution in [0.5, 0.6) is 0 Å². The molecule has 0 radical (unpaired) electrons. The molecule has 2 aromatic carbocycles. The van der Waals surface area contributed by atoms with Crippen LogP contribution in [-0.2, 0) is 9.59 Å². The molecule has 2 aromatic rings. The maximum atomic E-state index is 13.7. The second-order valence-electron chi connectivity index (χ2n) is 9.37. The first-order valence-corrected chi connectivity index (χ1v) is 10.4. The van der Waals surface area contributed by atoms with Gasteiger partial charge in [-0.3, -0.25) is 19.3 Å². The number of Topliss-reactive ketones (excluding diaryl/α,β-unsaturated/α-hetero) is 1. The lowest BCUT2D eigenvalue weighted by atomic mass is 9.86. The Morgan fingerprint density at radius 2 is 1.58 bits per heavy atom. The Bertz CT molecular complexity index is 1130. The summed E-state index contributed by atoms with van der Waals surface area (Å²) in [6.07, 6.45) is 3.88. The Labute approximate surface area is 180 Å². The molecule has 2 amide bonds. The Kier molecular flexibility index (Phi) is 4.19. The molecular formula is C25H23FN2O3. The number of rotatable bonds is 2. The predicted octanol–water partition coefficient (Wildman–Crippen LogP) is 3.69. The van der Waals surface area contributed by atoms with Crippen LogP contribution in [0, 0.1) is 17.7 Å². The molecular weight excluding hydrogens is 395 g/mol. The molecule has 5 nitrogen and oxygen atoms in total. The number of carbonyl (C=O) groups excluding carboxylic acids is 3. The van der Waals surface area contributed by atoms with Crippen LogP contribution in [0.2, 0.25) is 0 Å². The highest BCUT2D eigenvalue weighted by Crippen LogP contribution is 2.50. The molecule has 2 fully saturated rings. The molecule has 0 aliphatic carbocycles. The molecule has 3 aliphatic heterocycles. The zero-order chi connectivity index (χ0) is 22.1. The largest absolute Gasteiger partial charge is 0.352 e. The average molecular weight is 418 g/mol. The van der Waals surface area contributed by atoms with Crippen molar-refractivity contribution in [2.24, 2.45) is 11.8 Å². The lowest BCUT2D eigenvalue weighted by molar-refractivity contribution is -0.145. The first-order chi connectivity index (χ1) is 14.7. The Morgan fingerprint density at radius 1 is 0.935 bits per heavy atom.